The average molecular weight is 212 g/mol. The Bertz CT molecular complexity index is 280. The van der Waals surface area contributed by atoms with Gasteiger partial charge in [-0.3, -0.25) is 0 Å². The van der Waals surface area contributed by atoms with Crippen LogP contribution in [-0.2, 0) is 5.88 Å². The number of hydrogen-bond donors (Lipinski definition) is 1. The summed E-state index contributed by atoms with van der Waals surface area (Å²) in [5.74, 6) is 1.99. The molecule has 0 atom stereocenters. The Labute approximate surface area is 88.9 Å². The number of nitrogens with zero attached hydrogens (tertiary/aromatic N) is 2. The molecule has 1 N–H and O–H groups in total. The highest BCUT2D eigenvalue weighted by Crippen LogP contribution is 2.21. The van der Waals surface area contributed by atoms with E-state index in [1.807, 2.05) is 12.4 Å². The van der Waals surface area contributed by atoms with Gasteiger partial charge in [0.2, 0.25) is 0 Å². The minimum Gasteiger partial charge on any atom is -0.317 e. The van der Waals surface area contributed by atoms with Crippen LogP contribution in [0.15, 0.2) is 12.4 Å². The van der Waals surface area contributed by atoms with E-state index in [2.05, 4.69) is 15.3 Å². The van der Waals surface area contributed by atoms with Crippen molar-refractivity contribution < 1.29 is 0 Å². The third kappa shape index (κ3) is 2.22. The van der Waals surface area contributed by atoms with Gasteiger partial charge in [0.15, 0.2) is 0 Å². The van der Waals surface area contributed by atoms with Crippen LogP contribution in [-0.4, -0.2) is 23.1 Å². The molecule has 1 aromatic rings. The number of piperidine rings is 1. The van der Waals surface area contributed by atoms with Crippen LogP contribution in [0, 0.1) is 0 Å². The zero-order chi connectivity index (χ0) is 9.80. The number of rotatable bonds is 2. The van der Waals surface area contributed by atoms with Gasteiger partial charge in [0.25, 0.3) is 0 Å². The normalized spacial score (nSPS) is 18.4. The molecule has 2 heterocycles. The van der Waals surface area contributed by atoms with E-state index in [1.54, 1.807) is 0 Å². The maximum Gasteiger partial charge on any atom is 0.131 e. The van der Waals surface area contributed by atoms with Crippen LogP contribution >= 0.6 is 11.6 Å². The van der Waals surface area contributed by atoms with Crippen molar-refractivity contribution in [3.8, 4) is 0 Å². The van der Waals surface area contributed by atoms with Crippen molar-refractivity contribution in [2.24, 2.45) is 0 Å². The van der Waals surface area contributed by atoms with E-state index < -0.39 is 0 Å². The summed E-state index contributed by atoms with van der Waals surface area (Å²) in [5, 5.41) is 3.33. The second-order valence-corrected chi connectivity index (χ2v) is 3.87. The molecule has 0 radical (unpaired) electrons. The zero-order valence-electron chi connectivity index (χ0n) is 8.04. The Morgan fingerprint density at radius 3 is 2.50 bits per heavy atom. The van der Waals surface area contributed by atoms with Gasteiger partial charge in [-0.25, -0.2) is 9.97 Å². The Morgan fingerprint density at radius 1 is 1.29 bits per heavy atom. The van der Waals surface area contributed by atoms with Crippen molar-refractivity contribution in [1.82, 2.24) is 15.3 Å². The van der Waals surface area contributed by atoms with E-state index in [0.29, 0.717) is 11.8 Å². The molecule has 3 nitrogen and oxygen atoms in total. The summed E-state index contributed by atoms with van der Waals surface area (Å²) in [6.45, 7) is 2.15. The molecule has 0 saturated carbocycles. The maximum absolute atomic E-state index is 5.68. The summed E-state index contributed by atoms with van der Waals surface area (Å²) in [4.78, 5) is 8.70. The van der Waals surface area contributed by atoms with Crippen LogP contribution in [0.5, 0.6) is 0 Å². The summed E-state index contributed by atoms with van der Waals surface area (Å²) in [5.41, 5.74) is 0.990. The van der Waals surface area contributed by atoms with Gasteiger partial charge in [-0.2, -0.15) is 0 Å². The summed E-state index contributed by atoms with van der Waals surface area (Å²) in [6, 6.07) is 0. The van der Waals surface area contributed by atoms with Gasteiger partial charge >= 0.3 is 0 Å². The lowest BCUT2D eigenvalue weighted by Crippen LogP contribution is -2.27. The Kier molecular flexibility index (Phi) is 3.32. The molecular weight excluding hydrogens is 198 g/mol. The lowest BCUT2D eigenvalue weighted by atomic mass is 9.97. The molecule has 0 aromatic carbocycles. The van der Waals surface area contributed by atoms with Gasteiger partial charge in [-0.15, -0.1) is 11.6 Å². The minimum absolute atomic E-state index is 0.493. The topological polar surface area (TPSA) is 37.8 Å². The molecule has 4 heteroatoms. The smallest absolute Gasteiger partial charge is 0.131 e. The zero-order valence-corrected chi connectivity index (χ0v) is 8.80. The van der Waals surface area contributed by atoms with Gasteiger partial charge in [0, 0.05) is 23.9 Å². The molecule has 1 aliphatic rings. The quantitative estimate of drug-likeness (QED) is 0.757. The second-order valence-electron chi connectivity index (χ2n) is 3.61. The molecule has 0 spiro atoms. The van der Waals surface area contributed by atoms with Crippen LogP contribution < -0.4 is 5.32 Å². The van der Waals surface area contributed by atoms with Crippen LogP contribution in [0.1, 0.15) is 30.1 Å². The van der Waals surface area contributed by atoms with Crippen LogP contribution in [0.25, 0.3) is 0 Å². The number of nitrogens with one attached hydrogen (secondary N) is 1. The first-order chi connectivity index (χ1) is 6.90. The maximum atomic E-state index is 5.68. The third-order valence-electron chi connectivity index (χ3n) is 2.58. The van der Waals surface area contributed by atoms with Crippen molar-refractivity contribution in [3.05, 3.63) is 23.8 Å². The number of aromatic nitrogens is 2. The number of hydrogen-bond acceptors (Lipinski definition) is 3. The molecule has 0 bridgehead atoms. The third-order valence-corrected chi connectivity index (χ3v) is 2.89. The fourth-order valence-electron chi connectivity index (χ4n) is 1.72. The Morgan fingerprint density at radius 2 is 1.93 bits per heavy atom. The van der Waals surface area contributed by atoms with Crippen molar-refractivity contribution in [2.75, 3.05) is 13.1 Å². The molecular formula is C10H14ClN3. The van der Waals surface area contributed by atoms with E-state index in [9.17, 15) is 0 Å². The summed E-state index contributed by atoms with van der Waals surface area (Å²) in [7, 11) is 0. The Balaban J connectivity index is 2.07. The second kappa shape index (κ2) is 4.71. The molecule has 1 aromatic heterocycles. The highest BCUT2D eigenvalue weighted by molar-refractivity contribution is 6.17. The van der Waals surface area contributed by atoms with Crippen LogP contribution in [0.2, 0.25) is 0 Å². The highest BCUT2D eigenvalue weighted by atomic mass is 35.5. The van der Waals surface area contributed by atoms with Gasteiger partial charge in [-0.1, -0.05) is 0 Å². The molecule has 0 unspecified atom stereocenters. The van der Waals surface area contributed by atoms with E-state index in [4.69, 9.17) is 11.6 Å². The summed E-state index contributed by atoms with van der Waals surface area (Å²) in [6.07, 6.45) is 5.94. The first kappa shape index (κ1) is 9.87. The van der Waals surface area contributed by atoms with E-state index in [1.165, 1.54) is 0 Å². The lowest BCUT2D eigenvalue weighted by molar-refractivity contribution is 0.444. The predicted molar refractivity (Wildman–Crippen MR) is 56.4 cm³/mol. The molecule has 14 heavy (non-hydrogen) atoms. The van der Waals surface area contributed by atoms with E-state index >= 15 is 0 Å². The van der Waals surface area contributed by atoms with Crippen LogP contribution in [0.3, 0.4) is 0 Å². The molecule has 1 aliphatic heterocycles. The molecule has 0 aliphatic carbocycles. The van der Waals surface area contributed by atoms with Crippen molar-refractivity contribution in [2.45, 2.75) is 24.6 Å². The fourth-order valence-corrected chi connectivity index (χ4v) is 1.86. The number of halogens is 1. The lowest BCUT2D eigenvalue weighted by Gasteiger charge is -2.21. The minimum atomic E-state index is 0.493. The van der Waals surface area contributed by atoms with Crippen LogP contribution in [0.4, 0.5) is 0 Å². The van der Waals surface area contributed by atoms with Crippen molar-refractivity contribution >= 4 is 11.6 Å². The summed E-state index contributed by atoms with van der Waals surface area (Å²) >= 11 is 5.68. The SMILES string of the molecule is ClCc1cnc(C2CCNCC2)nc1. The average Bonchev–Trinajstić information content (AvgIpc) is 2.30. The predicted octanol–water partition coefficient (Wildman–Crippen LogP) is 1.68. The largest absolute Gasteiger partial charge is 0.317 e. The summed E-state index contributed by atoms with van der Waals surface area (Å²) < 4.78 is 0. The molecule has 76 valence electrons. The molecule has 1 saturated heterocycles. The van der Waals surface area contributed by atoms with Gasteiger partial charge in [0.1, 0.15) is 5.82 Å². The van der Waals surface area contributed by atoms with E-state index in [-0.39, 0.29) is 0 Å². The van der Waals surface area contributed by atoms with Gasteiger partial charge < -0.3 is 5.32 Å². The monoisotopic (exact) mass is 211 g/mol. The van der Waals surface area contributed by atoms with Gasteiger partial charge in [0.05, 0.1) is 5.88 Å². The van der Waals surface area contributed by atoms with Crippen molar-refractivity contribution in [3.63, 3.8) is 0 Å². The van der Waals surface area contributed by atoms with E-state index in [0.717, 1.165) is 37.3 Å². The molecule has 1 fully saturated rings. The molecule has 0 amide bonds. The number of alkyl halides is 1. The fraction of sp³-hybridized carbons (Fsp3) is 0.600. The first-order valence-corrected chi connectivity index (χ1v) is 5.51. The van der Waals surface area contributed by atoms with Crippen molar-refractivity contribution in [1.29, 1.82) is 0 Å². The molecule has 2 rings (SSSR count). The highest BCUT2D eigenvalue weighted by Gasteiger charge is 2.17. The Hall–Kier alpha value is -0.670. The van der Waals surface area contributed by atoms with Gasteiger partial charge in [-0.05, 0) is 25.9 Å². The first-order valence-electron chi connectivity index (χ1n) is 4.97. The standard InChI is InChI=1S/C10H14ClN3/c11-5-8-6-13-10(14-7-8)9-1-3-12-4-2-9/h6-7,9,12H,1-5H2.